The van der Waals surface area contributed by atoms with E-state index in [0.717, 1.165) is 0 Å². The van der Waals surface area contributed by atoms with Crippen molar-refractivity contribution in [2.24, 2.45) is 0 Å². The maximum atomic E-state index is 13.0. The van der Waals surface area contributed by atoms with E-state index >= 15 is 0 Å². The standard InChI is InChI=1S/C14H6F3NOS/c15-11-5-10(6-12(16)13(11)17)19-14(20)9-3-1-8(7-18)2-4-9/h1-6H. The highest BCUT2D eigenvalue weighted by Gasteiger charge is 2.13. The third kappa shape index (κ3) is 2.95. The number of benzene rings is 2. The van der Waals surface area contributed by atoms with Crippen LogP contribution in [-0.4, -0.2) is 5.05 Å². The lowest BCUT2D eigenvalue weighted by atomic mass is 10.1. The molecule has 0 atom stereocenters. The minimum Gasteiger partial charge on any atom is -0.445 e. The lowest BCUT2D eigenvalue weighted by Crippen LogP contribution is -2.08. The average Bonchev–Trinajstić information content (AvgIpc) is 2.44. The van der Waals surface area contributed by atoms with Crippen molar-refractivity contribution in [3.8, 4) is 11.8 Å². The van der Waals surface area contributed by atoms with Crippen LogP contribution in [0.25, 0.3) is 0 Å². The van der Waals surface area contributed by atoms with Gasteiger partial charge in [0.1, 0.15) is 5.75 Å². The Kier molecular flexibility index (Phi) is 4.01. The van der Waals surface area contributed by atoms with Gasteiger partial charge < -0.3 is 4.74 Å². The normalized spacial score (nSPS) is 9.90. The maximum absolute atomic E-state index is 13.0. The van der Waals surface area contributed by atoms with E-state index in [1.807, 2.05) is 6.07 Å². The molecule has 0 unspecified atom stereocenters. The summed E-state index contributed by atoms with van der Waals surface area (Å²) >= 11 is 4.96. The predicted octanol–water partition coefficient (Wildman–Crippen LogP) is 3.73. The lowest BCUT2D eigenvalue weighted by Gasteiger charge is -2.08. The second kappa shape index (κ2) is 5.72. The topological polar surface area (TPSA) is 33.0 Å². The van der Waals surface area contributed by atoms with Crippen LogP contribution in [0.1, 0.15) is 11.1 Å². The molecule has 0 N–H and O–H groups in total. The minimum atomic E-state index is -1.57. The summed E-state index contributed by atoms with van der Waals surface area (Å²) in [7, 11) is 0. The molecule has 0 aromatic heterocycles. The van der Waals surface area contributed by atoms with Crippen LogP contribution in [-0.2, 0) is 0 Å². The van der Waals surface area contributed by atoms with Crippen molar-refractivity contribution >= 4 is 17.3 Å². The highest BCUT2D eigenvalue weighted by Crippen LogP contribution is 2.20. The second-order valence-corrected chi connectivity index (χ2v) is 4.15. The van der Waals surface area contributed by atoms with E-state index in [1.165, 1.54) is 24.3 Å². The maximum Gasteiger partial charge on any atom is 0.198 e. The molecule has 2 aromatic rings. The smallest absolute Gasteiger partial charge is 0.198 e. The lowest BCUT2D eigenvalue weighted by molar-refractivity contribution is 0.436. The zero-order valence-corrected chi connectivity index (χ0v) is 10.7. The molecule has 0 spiro atoms. The molecule has 2 aromatic carbocycles. The first-order chi connectivity index (χ1) is 9.51. The average molecular weight is 293 g/mol. The van der Waals surface area contributed by atoms with Crippen molar-refractivity contribution < 1.29 is 17.9 Å². The van der Waals surface area contributed by atoms with Crippen molar-refractivity contribution in [2.75, 3.05) is 0 Å². The van der Waals surface area contributed by atoms with E-state index in [2.05, 4.69) is 0 Å². The summed E-state index contributed by atoms with van der Waals surface area (Å²) in [6.45, 7) is 0. The van der Waals surface area contributed by atoms with E-state index in [0.29, 0.717) is 23.3 Å². The molecule has 0 aliphatic heterocycles. The number of nitriles is 1. The third-order valence-corrected chi connectivity index (χ3v) is 2.74. The summed E-state index contributed by atoms with van der Waals surface area (Å²) in [6, 6.07) is 9.47. The van der Waals surface area contributed by atoms with Crippen LogP contribution in [0.2, 0.25) is 0 Å². The van der Waals surface area contributed by atoms with Gasteiger partial charge in [-0.25, -0.2) is 13.2 Å². The summed E-state index contributed by atoms with van der Waals surface area (Å²) in [5, 5.41) is 8.61. The molecular weight excluding hydrogens is 287 g/mol. The Morgan fingerprint density at radius 3 is 2.10 bits per heavy atom. The number of nitrogens with zero attached hydrogens (tertiary/aromatic N) is 1. The van der Waals surface area contributed by atoms with Crippen molar-refractivity contribution in [1.29, 1.82) is 5.26 Å². The summed E-state index contributed by atoms with van der Waals surface area (Å²) in [5.74, 6) is -4.53. The Balaban J connectivity index is 2.21. The molecule has 0 radical (unpaired) electrons. The highest BCUT2D eigenvalue weighted by molar-refractivity contribution is 7.80. The fraction of sp³-hybridized carbons (Fsp3) is 0. The monoisotopic (exact) mass is 293 g/mol. The van der Waals surface area contributed by atoms with Crippen molar-refractivity contribution in [2.45, 2.75) is 0 Å². The number of thiocarbonyl (C=S) groups is 1. The molecule has 2 nitrogen and oxygen atoms in total. The number of halogens is 3. The summed E-state index contributed by atoms with van der Waals surface area (Å²) in [6.07, 6.45) is 0. The molecule has 0 aliphatic rings. The summed E-state index contributed by atoms with van der Waals surface area (Å²) in [4.78, 5) is 0. The fourth-order valence-corrected chi connectivity index (χ4v) is 1.67. The van der Waals surface area contributed by atoms with Crippen LogP contribution in [0.3, 0.4) is 0 Å². The van der Waals surface area contributed by atoms with Crippen LogP contribution in [0.4, 0.5) is 13.2 Å². The summed E-state index contributed by atoms with van der Waals surface area (Å²) < 4.78 is 43.9. The Hall–Kier alpha value is -2.39. The summed E-state index contributed by atoms with van der Waals surface area (Å²) in [5.41, 5.74) is 0.902. The van der Waals surface area contributed by atoms with Gasteiger partial charge in [-0.2, -0.15) is 5.26 Å². The van der Waals surface area contributed by atoms with Crippen LogP contribution >= 0.6 is 12.2 Å². The number of rotatable bonds is 2. The van der Waals surface area contributed by atoms with E-state index in [9.17, 15) is 13.2 Å². The molecule has 6 heteroatoms. The molecule has 0 aliphatic carbocycles. The Morgan fingerprint density at radius 2 is 1.60 bits per heavy atom. The van der Waals surface area contributed by atoms with Gasteiger partial charge >= 0.3 is 0 Å². The predicted molar refractivity (Wildman–Crippen MR) is 69.8 cm³/mol. The Bertz CT molecular complexity index is 684. The first kappa shape index (κ1) is 14.0. The second-order valence-electron chi connectivity index (χ2n) is 3.78. The molecule has 0 amide bonds. The Morgan fingerprint density at radius 1 is 1.05 bits per heavy atom. The molecule has 2 rings (SSSR count). The van der Waals surface area contributed by atoms with Gasteiger partial charge in [0, 0.05) is 17.7 Å². The van der Waals surface area contributed by atoms with E-state index < -0.39 is 17.5 Å². The van der Waals surface area contributed by atoms with Crippen LogP contribution in [0, 0.1) is 28.8 Å². The molecule has 0 fully saturated rings. The molecule has 0 saturated heterocycles. The van der Waals surface area contributed by atoms with Gasteiger partial charge in [-0.3, -0.25) is 0 Å². The number of hydrogen-bond acceptors (Lipinski definition) is 3. The van der Waals surface area contributed by atoms with Gasteiger partial charge in [0.25, 0.3) is 0 Å². The van der Waals surface area contributed by atoms with E-state index in [4.69, 9.17) is 22.2 Å². The number of hydrogen-bond donors (Lipinski definition) is 0. The largest absolute Gasteiger partial charge is 0.445 e. The van der Waals surface area contributed by atoms with Gasteiger partial charge in [-0.05, 0) is 36.5 Å². The highest BCUT2D eigenvalue weighted by atomic mass is 32.1. The molecule has 100 valence electrons. The molecule has 0 heterocycles. The van der Waals surface area contributed by atoms with Gasteiger partial charge in [0.05, 0.1) is 11.6 Å². The van der Waals surface area contributed by atoms with Gasteiger partial charge in [-0.1, -0.05) is 0 Å². The third-order valence-electron chi connectivity index (χ3n) is 2.42. The van der Waals surface area contributed by atoms with Gasteiger partial charge in [0.2, 0.25) is 0 Å². The van der Waals surface area contributed by atoms with Crippen LogP contribution in [0.5, 0.6) is 5.75 Å². The molecule has 0 bridgehead atoms. The van der Waals surface area contributed by atoms with Crippen molar-refractivity contribution in [3.05, 3.63) is 65.0 Å². The zero-order chi connectivity index (χ0) is 14.7. The van der Waals surface area contributed by atoms with Crippen molar-refractivity contribution in [3.63, 3.8) is 0 Å². The van der Waals surface area contributed by atoms with Crippen molar-refractivity contribution in [1.82, 2.24) is 0 Å². The van der Waals surface area contributed by atoms with Gasteiger partial charge in [-0.15, -0.1) is 0 Å². The van der Waals surface area contributed by atoms with E-state index in [1.54, 1.807) is 0 Å². The number of ether oxygens (including phenoxy) is 1. The first-order valence-electron chi connectivity index (χ1n) is 5.38. The first-order valence-corrected chi connectivity index (χ1v) is 5.79. The Labute approximate surface area is 118 Å². The van der Waals surface area contributed by atoms with Gasteiger partial charge in [0.15, 0.2) is 22.5 Å². The molecular formula is C14H6F3NOS. The molecule has 20 heavy (non-hydrogen) atoms. The quantitative estimate of drug-likeness (QED) is 0.625. The zero-order valence-electron chi connectivity index (χ0n) is 9.86. The van der Waals surface area contributed by atoms with E-state index in [-0.39, 0.29) is 10.8 Å². The SMILES string of the molecule is N#Cc1ccc(C(=S)Oc2cc(F)c(F)c(F)c2)cc1. The minimum absolute atomic E-state index is 0.0418. The van der Waals surface area contributed by atoms with Crippen LogP contribution < -0.4 is 4.74 Å². The van der Waals surface area contributed by atoms with Crippen LogP contribution in [0.15, 0.2) is 36.4 Å². The molecule has 0 saturated carbocycles. The fourth-order valence-electron chi connectivity index (χ4n) is 1.44.